The van der Waals surface area contributed by atoms with Crippen molar-refractivity contribution in [3.8, 4) is 51.7 Å². The van der Waals surface area contributed by atoms with E-state index in [2.05, 4.69) is 221 Å². The van der Waals surface area contributed by atoms with E-state index in [1.165, 1.54) is 72.8 Å². The lowest BCUT2D eigenvalue weighted by Crippen LogP contribution is -2.25. The molecule has 32 heteroatoms. The maximum atomic E-state index is 14.0. The Morgan fingerprint density at radius 1 is 0.233 bits per heavy atom. The van der Waals surface area contributed by atoms with Gasteiger partial charge in [-0.2, -0.15) is 0 Å². The number of phenols is 3. The lowest BCUT2D eigenvalue weighted by atomic mass is 9.85. The van der Waals surface area contributed by atoms with Crippen LogP contribution in [0.5, 0.6) is 51.7 Å². The number of ether oxygens (including phenoxy) is 6. The molecule has 0 radical (unpaired) electrons. The van der Waals surface area contributed by atoms with Crippen LogP contribution in [-0.4, -0.2) is 55.0 Å². The van der Waals surface area contributed by atoms with Crippen molar-refractivity contribution in [2.45, 2.75) is 25.2 Å². The average Bonchev–Trinajstić information content (AvgIpc) is 0.764. The first-order valence-electron chi connectivity index (χ1n) is 45.8. The molecule has 0 bridgehead atoms. The summed E-state index contributed by atoms with van der Waals surface area (Å²) < 4.78 is 110. The van der Waals surface area contributed by atoms with Crippen molar-refractivity contribution in [3.63, 3.8) is 0 Å². The Kier molecular flexibility index (Phi) is 48.2. The van der Waals surface area contributed by atoms with E-state index in [9.17, 15) is 37.6 Å². The van der Waals surface area contributed by atoms with Gasteiger partial charge in [0.15, 0.2) is 14.3 Å². The molecule has 0 aromatic heterocycles. The van der Waals surface area contributed by atoms with Crippen molar-refractivity contribution in [2.75, 3.05) is 44.5 Å². The van der Waals surface area contributed by atoms with Gasteiger partial charge in [0.2, 0.25) is 0 Å². The Balaban J connectivity index is 0.000000155. The highest BCUT2D eigenvalue weighted by Gasteiger charge is 2.32. The molecule has 3 N–H and O–H groups in total. The van der Waals surface area contributed by atoms with Crippen LogP contribution in [0, 0.1) is 17.5 Å². The number of nitrogens with zero attached hydrogens (tertiary/aromatic N) is 1. The first kappa shape index (κ1) is 119. The zero-order valence-corrected chi connectivity index (χ0v) is 99.6. The van der Waals surface area contributed by atoms with Crippen LogP contribution in [0.25, 0.3) is 0 Å². The van der Waals surface area contributed by atoms with Crippen LogP contribution in [0.3, 0.4) is 0 Å². The molecule has 18 aromatic rings. The smallest absolute Gasteiger partial charge is 0.171 e. The van der Waals surface area contributed by atoms with Crippen molar-refractivity contribution in [1.82, 2.24) is 0 Å². The zero-order valence-electron chi connectivity index (χ0n) is 79.0. The fourth-order valence-electron chi connectivity index (χ4n) is 14.3. The Bertz CT molecular complexity index is 6620. The van der Waals surface area contributed by atoms with Gasteiger partial charge in [-0.1, -0.05) is 218 Å². The van der Waals surface area contributed by atoms with Crippen LogP contribution in [0.4, 0.5) is 30.2 Å². The molecule has 0 saturated carbocycles. The number of anilines is 3. The quantitative estimate of drug-likeness (QED) is 0.0223. The molecular weight excluding hydrogens is 2660 g/mol. The van der Waals surface area contributed by atoms with Gasteiger partial charge in [0.25, 0.3) is 0 Å². The van der Waals surface area contributed by atoms with Crippen LogP contribution in [0.2, 0.25) is 30.1 Å². The summed E-state index contributed by atoms with van der Waals surface area (Å²) in [5.74, 6) is 4.23. The second-order valence-electron chi connectivity index (χ2n) is 32.3. The number of rotatable bonds is 30. The molecule has 0 unspecified atom stereocenters. The summed E-state index contributed by atoms with van der Waals surface area (Å²) in [5, 5.41) is 35.7. The van der Waals surface area contributed by atoms with E-state index in [1.807, 2.05) is 164 Å². The van der Waals surface area contributed by atoms with E-state index in [0.29, 0.717) is 102 Å². The Labute approximate surface area is 976 Å². The molecule has 0 aliphatic heterocycles. The van der Waals surface area contributed by atoms with Crippen LogP contribution in [-0.2, 0) is 9.13 Å². The van der Waals surface area contributed by atoms with Crippen molar-refractivity contribution in [3.05, 3.63) is 523 Å². The third-order valence-corrected chi connectivity index (χ3v) is 34.0. The fourth-order valence-corrected chi connectivity index (χ4v) is 24.1. The lowest BCUT2D eigenvalue weighted by molar-refractivity contribution is 0.246. The first-order valence-corrected chi connectivity index (χ1v) is 58.6. The highest BCUT2D eigenvalue weighted by atomic mass is 79.9. The lowest BCUT2D eigenvalue weighted by Gasteiger charge is -2.25. The number of aromatic hydroxyl groups is 3. The number of hydrogen-bond donors (Lipinski definition) is 3. The van der Waals surface area contributed by atoms with Crippen LogP contribution < -0.4 is 65.1 Å². The van der Waals surface area contributed by atoms with E-state index < -0.39 is 31.7 Å². The SMILES string of the molecule is Brc1ccc(N(c2ccc(Br)cc2)c2ccc(Br)cc2)cc1.Clc1ccc(OCCCOc2cc(Br)cc(Br)c2)cc1.Clc1ccc(OCCCOc2cc(Br)ccc2Br)cc1.Clc1ccc(OCCCOc2ccc(Br)cc2Br)cc1.O=P(c1ccc(Cl)cc1)(c1ccc(Cl)cc1)c1ccc(Cl)cc1.O=P(c1ccc(F)cc1)(c1ccc(F)cc1)c1ccc(F)cc1.Oc1ccc(C(c2ccc(O)cc2)c2ccc(O)cc2)cc1. The van der Waals surface area contributed by atoms with E-state index >= 15 is 0 Å². The number of phenolic OH excluding ortho intramolecular Hbond substituents is 3. The minimum absolute atomic E-state index is 0.0400. The van der Waals surface area contributed by atoms with Gasteiger partial charge >= 0.3 is 0 Å². The summed E-state index contributed by atoms with van der Waals surface area (Å²) in [6, 6.07) is 123. The van der Waals surface area contributed by atoms with Gasteiger partial charge in [0.1, 0.15) is 69.2 Å². The third-order valence-electron chi connectivity index (χ3n) is 21.6. The van der Waals surface area contributed by atoms with Crippen LogP contribution in [0.1, 0.15) is 41.9 Å². The van der Waals surface area contributed by atoms with Gasteiger partial charge in [-0.05, 0) is 431 Å². The van der Waals surface area contributed by atoms with Crippen molar-refractivity contribution >= 4 is 276 Å². The molecule has 770 valence electrons. The molecule has 150 heavy (non-hydrogen) atoms. The standard InChI is InChI=1S/C19H16O3.C18H12Br3N.C18H12Cl3OP.C18H12F3OP.3C15H13Br2ClO2/c20-16-7-1-13(2-8-16)19(14-3-9-17(21)10-4-14)15-5-11-18(22)12-6-15;19-13-1-7-16(8-2-13)22(17-9-3-14(20)4-10-17)18-11-5-15(21)6-12-18;2*19-13-1-7-16(8-2-13)23(22,17-9-3-14(20)4-10-17)18-11-5-15(21)6-12-18;16-11-2-7-15(14(17)10-11)20-9-1-8-19-13-5-3-12(18)4-6-13;16-11-2-7-14(17)15(10-11)20-9-1-8-19-13-5-3-12(18)4-6-13;16-11-8-12(17)10-15(9-11)20-7-1-6-19-14-4-2-13(18)3-5-14/h1-12,19-22H;1-12H;2*1-12H;2*2-7,10H,1,8-9H2;2-5,8-10H,1,6-7H2. The molecule has 18 rings (SSSR count). The normalized spacial score (nSPS) is 10.8. The summed E-state index contributed by atoms with van der Waals surface area (Å²) >= 11 is 66.4. The van der Waals surface area contributed by atoms with Gasteiger partial charge in [0, 0.05) is 136 Å². The summed E-state index contributed by atoms with van der Waals surface area (Å²) in [6.07, 6.45) is 2.43. The largest absolute Gasteiger partial charge is 0.508 e. The summed E-state index contributed by atoms with van der Waals surface area (Å²) in [6.45, 7) is 3.63. The minimum Gasteiger partial charge on any atom is -0.508 e. The predicted molar refractivity (Wildman–Crippen MR) is 643 cm³/mol. The molecule has 0 aliphatic carbocycles. The van der Waals surface area contributed by atoms with E-state index in [1.54, 1.807) is 109 Å². The van der Waals surface area contributed by atoms with E-state index in [0.717, 1.165) is 128 Å². The Morgan fingerprint density at radius 3 is 0.760 bits per heavy atom. The molecular formula is C118H91Br9Cl6F3NO11P2. The molecule has 0 spiro atoms. The third kappa shape index (κ3) is 37.9. The van der Waals surface area contributed by atoms with Gasteiger partial charge in [-0.15, -0.1) is 0 Å². The average molecular weight is 2750 g/mol. The van der Waals surface area contributed by atoms with Gasteiger partial charge < -0.3 is 57.8 Å². The summed E-state index contributed by atoms with van der Waals surface area (Å²) in [5.41, 5.74) is 6.42. The molecule has 12 nitrogen and oxygen atoms in total. The number of benzene rings is 18. The van der Waals surface area contributed by atoms with E-state index in [4.69, 9.17) is 98.0 Å². The number of hydrogen-bond acceptors (Lipinski definition) is 12. The number of halogens is 18. The maximum absolute atomic E-state index is 14.0. The highest BCUT2D eigenvalue weighted by molar-refractivity contribution is 9.12. The van der Waals surface area contributed by atoms with Gasteiger partial charge in [0.05, 0.1) is 48.6 Å². The monoisotopic (exact) mass is 2740 g/mol. The van der Waals surface area contributed by atoms with Crippen LogP contribution >= 0.6 is 227 Å². The summed E-state index contributed by atoms with van der Waals surface area (Å²) in [7, 11) is -6.35. The Morgan fingerprint density at radius 2 is 0.473 bits per heavy atom. The minimum atomic E-state index is -3.34. The highest BCUT2D eigenvalue weighted by Crippen LogP contribution is 2.46. The van der Waals surface area contributed by atoms with Crippen LogP contribution in [0.15, 0.2) is 459 Å². The first-order chi connectivity index (χ1) is 72.2. The Hall–Kier alpha value is -9.73. The molecule has 18 aromatic carbocycles. The summed E-state index contributed by atoms with van der Waals surface area (Å²) in [4.78, 5) is 2.23. The molecule has 0 saturated heterocycles. The molecule has 0 heterocycles. The van der Waals surface area contributed by atoms with Gasteiger partial charge in [-0.3, -0.25) is 0 Å². The molecule has 0 atom stereocenters. The topological polar surface area (TPSA) is 153 Å². The van der Waals surface area contributed by atoms with Gasteiger partial charge in [-0.25, -0.2) is 13.2 Å². The molecule has 0 fully saturated rings. The molecule has 0 aliphatic rings. The maximum Gasteiger partial charge on any atom is 0.171 e. The van der Waals surface area contributed by atoms with Crippen molar-refractivity contribution in [2.24, 2.45) is 0 Å². The van der Waals surface area contributed by atoms with Crippen molar-refractivity contribution < 1.29 is 66.0 Å². The van der Waals surface area contributed by atoms with Crippen molar-refractivity contribution in [1.29, 1.82) is 0 Å². The zero-order chi connectivity index (χ0) is 107. The second-order valence-corrected chi connectivity index (χ2v) is 48.6. The molecule has 0 amide bonds. The second kappa shape index (κ2) is 60.8. The fraction of sp³-hybridized carbons (Fsp3) is 0.0847. The van der Waals surface area contributed by atoms with E-state index in [-0.39, 0.29) is 23.2 Å². The predicted octanol–water partition coefficient (Wildman–Crippen LogP) is 37.6.